The van der Waals surface area contributed by atoms with Crippen LogP contribution in [0.2, 0.25) is 5.02 Å². The Balaban J connectivity index is 1.76. The van der Waals surface area contributed by atoms with Gasteiger partial charge in [-0.15, -0.1) is 5.92 Å². The van der Waals surface area contributed by atoms with Crippen molar-refractivity contribution in [2.75, 3.05) is 32.9 Å². The molecule has 6 nitrogen and oxygen atoms in total. The molecule has 3 N–H and O–H groups in total. The number of piperidine rings is 1. The van der Waals surface area contributed by atoms with E-state index in [2.05, 4.69) is 41.1 Å². The summed E-state index contributed by atoms with van der Waals surface area (Å²) in [6.07, 6.45) is 1.51. The van der Waals surface area contributed by atoms with E-state index in [1.54, 1.807) is 19.1 Å². The molecule has 1 amide bonds. The molecule has 28 heavy (non-hydrogen) atoms. The van der Waals surface area contributed by atoms with Gasteiger partial charge in [-0.25, -0.2) is 0 Å². The zero-order valence-electron chi connectivity index (χ0n) is 17.0. The summed E-state index contributed by atoms with van der Waals surface area (Å²) in [5, 5.41) is 3.53. The predicted molar refractivity (Wildman–Crippen MR) is 113 cm³/mol. The number of likely N-dealkylation sites (N-methyl/N-ethyl adjacent to an activating group) is 2. The lowest BCUT2D eigenvalue weighted by Crippen LogP contribution is -2.63. The number of ether oxygens (including phenoxy) is 1. The van der Waals surface area contributed by atoms with E-state index in [0.717, 1.165) is 25.9 Å². The number of fused-ring (bicyclic) bond motifs is 2. The standard InChI is InChI=1S/C21H29ClN4O2/c1-5-6-13(2)28-20-10-19(23)18(22)9-17(20)21(27)24-14-7-15-11-25(3)12-16(8-14)26(15)4/h9-10,13-16H,7-8,11-12,23H2,1-4H3,(H,24,27)/t13-,14?,15?,16?/m0/s1. The van der Waals surface area contributed by atoms with E-state index in [1.165, 1.54) is 0 Å². The van der Waals surface area contributed by atoms with Crippen molar-refractivity contribution in [1.82, 2.24) is 15.1 Å². The molecule has 2 aliphatic rings. The zero-order valence-corrected chi connectivity index (χ0v) is 17.7. The van der Waals surface area contributed by atoms with Crippen molar-refractivity contribution < 1.29 is 9.53 Å². The summed E-state index contributed by atoms with van der Waals surface area (Å²) in [5.41, 5.74) is 6.69. The van der Waals surface area contributed by atoms with E-state index in [4.69, 9.17) is 22.1 Å². The minimum Gasteiger partial charge on any atom is -0.477 e. The summed E-state index contributed by atoms with van der Waals surface area (Å²) in [4.78, 5) is 17.9. The fourth-order valence-electron chi connectivity index (χ4n) is 4.23. The van der Waals surface area contributed by atoms with Crippen molar-refractivity contribution in [3.8, 4) is 17.6 Å². The molecule has 2 heterocycles. The summed E-state index contributed by atoms with van der Waals surface area (Å²) in [6.45, 7) is 5.62. The molecule has 3 rings (SSSR count). The minimum absolute atomic E-state index is 0.129. The number of hydrogen-bond donors (Lipinski definition) is 2. The molecule has 7 heteroatoms. The number of carbonyl (C=O) groups is 1. The van der Waals surface area contributed by atoms with Gasteiger partial charge in [-0.2, -0.15) is 0 Å². The zero-order chi connectivity index (χ0) is 20.4. The van der Waals surface area contributed by atoms with Crippen LogP contribution >= 0.6 is 11.6 Å². The topological polar surface area (TPSA) is 70.8 Å². The van der Waals surface area contributed by atoms with Crippen molar-refractivity contribution in [3.63, 3.8) is 0 Å². The molecule has 0 radical (unpaired) electrons. The average Bonchev–Trinajstić information content (AvgIpc) is 2.60. The number of nitrogen functional groups attached to an aromatic ring is 1. The Kier molecular flexibility index (Phi) is 6.39. The Labute approximate surface area is 172 Å². The summed E-state index contributed by atoms with van der Waals surface area (Å²) < 4.78 is 5.85. The Bertz CT molecular complexity index is 788. The molecular formula is C21H29ClN4O2. The number of carbonyl (C=O) groups excluding carboxylic acids is 1. The SMILES string of the molecule is CC#C[C@H](C)Oc1cc(N)c(Cl)cc1C(=O)NC1CC2CN(C)CC(C1)N2C. The lowest BCUT2D eigenvalue weighted by atomic mass is 9.88. The number of nitrogens with two attached hydrogens (primary N) is 1. The van der Waals surface area contributed by atoms with Gasteiger partial charge in [0.25, 0.3) is 5.91 Å². The number of anilines is 1. The first-order valence-electron chi connectivity index (χ1n) is 9.67. The van der Waals surface area contributed by atoms with E-state index < -0.39 is 0 Å². The van der Waals surface area contributed by atoms with E-state index in [1.807, 2.05) is 6.92 Å². The summed E-state index contributed by atoms with van der Waals surface area (Å²) in [7, 11) is 4.34. The first-order chi connectivity index (χ1) is 13.3. The lowest BCUT2D eigenvalue weighted by molar-refractivity contribution is 0.00838. The number of nitrogens with zero attached hydrogens (tertiary/aromatic N) is 2. The van der Waals surface area contributed by atoms with Gasteiger partial charge in [0.2, 0.25) is 0 Å². The number of piperazine rings is 1. The number of nitrogens with one attached hydrogen (secondary N) is 1. The maximum absolute atomic E-state index is 13.1. The predicted octanol–water partition coefficient (Wildman–Crippen LogP) is 2.22. The third kappa shape index (κ3) is 4.54. The largest absolute Gasteiger partial charge is 0.477 e. The van der Waals surface area contributed by atoms with Crippen molar-refractivity contribution in [2.45, 2.75) is 50.9 Å². The summed E-state index contributed by atoms with van der Waals surface area (Å²) in [6, 6.07) is 4.21. The molecular weight excluding hydrogens is 376 g/mol. The van der Waals surface area contributed by atoms with Gasteiger partial charge in [0.05, 0.1) is 16.3 Å². The molecule has 1 aromatic rings. The number of hydrogen-bond acceptors (Lipinski definition) is 5. The molecule has 0 aliphatic carbocycles. The minimum atomic E-state index is -0.352. The van der Waals surface area contributed by atoms with E-state index >= 15 is 0 Å². The summed E-state index contributed by atoms with van der Waals surface area (Å²) >= 11 is 6.18. The normalized spacial score (nSPS) is 26.1. The monoisotopic (exact) mass is 404 g/mol. The van der Waals surface area contributed by atoms with E-state index in [9.17, 15) is 4.79 Å². The van der Waals surface area contributed by atoms with Gasteiger partial charge >= 0.3 is 0 Å². The van der Waals surface area contributed by atoms with Gasteiger partial charge in [0.1, 0.15) is 5.75 Å². The van der Waals surface area contributed by atoms with Crippen molar-refractivity contribution in [1.29, 1.82) is 0 Å². The Hall–Kier alpha value is -1.94. The summed E-state index contributed by atoms with van der Waals surface area (Å²) in [5.74, 6) is 5.96. The molecule has 2 saturated heterocycles. The Morgan fingerprint density at radius 2 is 1.96 bits per heavy atom. The number of halogens is 1. The average molecular weight is 405 g/mol. The van der Waals surface area contributed by atoms with Crippen LogP contribution < -0.4 is 15.8 Å². The number of benzene rings is 1. The second-order valence-electron chi connectivity index (χ2n) is 7.86. The first-order valence-corrected chi connectivity index (χ1v) is 10.1. The van der Waals surface area contributed by atoms with Gasteiger partial charge in [0, 0.05) is 37.3 Å². The van der Waals surface area contributed by atoms with Crippen LogP contribution in [0.15, 0.2) is 12.1 Å². The van der Waals surface area contributed by atoms with Crippen LogP contribution in [0.5, 0.6) is 5.75 Å². The van der Waals surface area contributed by atoms with Crippen LogP contribution in [-0.2, 0) is 0 Å². The van der Waals surface area contributed by atoms with Gasteiger partial charge in [0.15, 0.2) is 6.10 Å². The second-order valence-corrected chi connectivity index (χ2v) is 8.27. The lowest BCUT2D eigenvalue weighted by Gasteiger charge is -2.50. The molecule has 1 aromatic carbocycles. The molecule has 2 bridgehead atoms. The second kappa shape index (κ2) is 8.60. The van der Waals surface area contributed by atoms with Gasteiger partial charge in [-0.05, 0) is 46.9 Å². The van der Waals surface area contributed by atoms with Crippen LogP contribution in [0, 0.1) is 11.8 Å². The first kappa shape index (κ1) is 20.8. The van der Waals surface area contributed by atoms with Crippen molar-refractivity contribution >= 4 is 23.2 Å². The number of likely N-dealkylation sites (tertiary alicyclic amines) is 1. The third-order valence-electron chi connectivity index (χ3n) is 5.64. The van der Waals surface area contributed by atoms with Crippen LogP contribution in [-0.4, -0.2) is 67.1 Å². The van der Waals surface area contributed by atoms with E-state index in [-0.39, 0.29) is 18.1 Å². The van der Waals surface area contributed by atoms with Crippen LogP contribution in [0.25, 0.3) is 0 Å². The highest BCUT2D eigenvalue weighted by atomic mass is 35.5. The molecule has 0 aromatic heterocycles. The van der Waals surface area contributed by atoms with Crippen LogP contribution in [0.4, 0.5) is 5.69 Å². The maximum atomic E-state index is 13.1. The fraction of sp³-hybridized carbons (Fsp3) is 0.571. The maximum Gasteiger partial charge on any atom is 0.255 e. The molecule has 2 fully saturated rings. The van der Waals surface area contributed by atoms with E-state index in [0.29, 0.717) is 34.1 Å². The highest BCUT2D eigenvalue weighted by molar-refractivity contribution is 6.33. The highest BCUT2D eigenvalue weighted by Crippen LogP contribution is 2.31. The highest BCUT2D eigenvalue weighted by Gasteiger charge is 2.38. The number of amides is 1. The van der Waals surface area contributed by atoms with Crippen LogP contribution in [0.1, 0.15) is 37.0 Å². The quantitative estimate of drug-likeness (QED) is 0.594. The smallest absolute Gasteiger partial charge is 0.255 e. The Morgan fingerprint density at radius 1 is 1.32 bits per heavy atom. The molecule has 152 valence electrons. The third-order valence-corrected chi connectivity index (χ3v) is 5.97. The van der Waals surface area contributed by atoms with Crippen LogP contribution in [0.3, 0.4) is 0 Å². The molecule has 2 unspecified atom stereocenters. The molecule has 3 atom stereocenters. The van der Waals surface area contributed by atoms with Crippen molar-refractivity contribution in [3.05, 3.63) is 22.7 Å². The molecule has 0 spiro atoms. The Morgan fingerprint density at radius 3 is 2.57 bits per heavy atom. The fourth-order valence-corrected chi connectivity index (χ4v) is 4.40. The van der Waals surface area contributed by atoms with Gasteiger partial charge < -0.3 is 20.7 Å². The molecule has 2 aliphatic heterocycles. The van der Waals surface area contributed by atoms with Gasteiger partial charge in [-0.3, -0.25) is 9.69 Å². The van der Waals surface area contributed by atoms with Gasteiger partial charge in [-0.1, -0.05) is 17.5 Å². The molecule has 0 saturated carbocycles. The van der Waals surface area contributed by atoms with Crippen molar-refractivity contribution in [2.24, 2.45) is 0 Å². The number of rotatable bonds is 4.